The van der Waals surface area contributed by atoms with E-state index in [-0.39, 0.29) is 5.91 Å². The molecule has 19 heavy (non-hydrogen) atoms. The molecule has 0 aliphatic heterocycles. The lowest BCUT2D eigenvalue weighted by molar-refractivity contribution is 0.0950. The fourth-order valence-corrected chi connectivity index (χ4v) is 2.49. The Morgan fingerprint density at radius 1 is 1.42 bits per heavy atom. The third kappa shape index (κ3) is 3.87. The van der Waals surface area contributed by atoms with Crippen LogP contribution in [-0.2, 0) is 0 Å². The molecule has 2 N–H and O–H groups in total. The summed E-state index contributed by atoms with van der Waals surface area (Å²) in [5.74, 6) is 0.769. The van der Waals surface area contributed by atoms with Gasteiger partial charge in [0.1, 0.15) is 0 Å². The van der Waals surface area contributed by atoms with Crippen LogP contribution < -0.4 is 10.6 Å². The summed E-state index contributed by atoms with van der Waals surface area (Å²) in [6.07, 6.45) is 5.06. The summed E-state index contributed by atoms with van der Waals surface area (Å²) in [5, 5.41) is 6.76. The second kappa shape index (κ2) is 6.80. The standard InChI is InChI=1S/C15H21ClN2O/c1-2-17-14-7-6-12(16)10-13(14)15(19)18-9-8-11-4-3-5-11/h6-7,10-11,17H,2-5,8-9H2,1H3,(H,18,19). The van der Waals surface area contributed by atoms with Crippen LogP contribution in [0.2, 0.25) is 5.02 Å². The van der Waals surface area contributed by atoms with E-state index in [2.05, 4.69) is 10.6 Å². The van der Waals surface area contributed by atoms with Gasteiger partial charge in [0.15, 0.2) is 0 Å². The molecule has 0 atom stereocenters. The zero-order valence-corrected chi connectivity index (χ0v) is 12.1. The van der Waals surface area contributed by atoms with Crippen molar-refractivity contribution in [2.75, 3.05) is 18.4 Å². The van der Waals surface area contributed by atoms with Crippen LogP contribution in [0.15, 0.2) is 18.2 Å². The van der Waals surface area contributed by atoms with Crippen molar-refractivity contribution in [1.29, 1.82) is 0 Å². The van der Waals surface area contributed by atoms with Crippen molar-refractivity contribution in [3.8, 4) is 0 Å². The van der Waals surface area contributed by atoms with Gasteiger partial charge >= 0.3 is 0 Å². The van der Waals surface area contributed by atoms with E-state index in [1.54, 1.807) is 12.1 Å². The van der Waals surface area contributed by atoms with Crippen molar-refractivity contribution >= 4 is 23.2 Å². The Bertz CT molecular complexity index is 444. The number of rotatable bonds is 6. The van der Waals surface area contributed by atoms with Crippen molar-refractivity contribution in [2.24, 2.45) is 5.92 Å². The maximum absolute atomic E-state index is 12.2. The smallest absolute Gasteiger partial charge is 0.253 e. The minimum atomic E-state index is -0.0437. The zero-order chi connectivity index (χ0) is 13.7. The monoisotopic (exact) mass is 280 g/mol. The molecule has 0 radical (unpaired) electrons. The molecule has 0 aromatic heterocycles. The molecule has 104 valence electrons. The van der Waals surface area contributed by atoms with Gasteiger partial charge in [-0.1, -0.05) is 30.9 Å². The summed E-state index contributed by atoms with van der Waals surface area (Å²) in [6.45, 7) is 3.54. The second-order valence-electron chi connectivity index (χ2n) is 5.06. The SMILES string of the molecule is CCNc1ccc(Cl)cc1C(=O)NCCC1CCC1. The molecule has 1 amide bonds. The molecule has 1 aliphatic carbocycles. The number of nitrogens with one attached hydrogen (secondary N) is 2. The molecule has 4 heteroatoms. The van der Waals surface area contributed by atoms with Crippen LogP contribution >= 0.6 is 11.6 Å². The molecule has 1 aliphatic rings. The van der Waals surface area contributed by atoms with Gasteiger partial charge in [0, 0.05) is 23.8 Å². The average Bonchev–Trinajstić information content (AvgIpc) is 2.34. The highest BCUT2D eigenvalue weighted by Gasteiger charge is 2.17. The normalized spacial score (nSPS) is 14.8. The summed E-state index contributed by atoms with van der Waals surface area (Å²) in [5.41, 5.74) is 1.47. The Labute approximate surface area is 119 Å². The molecular formula is C15H21ClN2O. The van der Waals surface area contributed by atoms with E-state index in [9.17, 15) is 4.79 Å². The molecule has 3 nitrogen and oxygen atoms in total. The number of benzene rings is 1. The maximum Gasteiger partial charge on any atom is 0.253 e. The van der Waals surface area contributed by atoms with E-state index >= 15 is 0 Å². The molecular weight excluding hydrogens is 260 g/mol. The third-order valence-electron chi connectivity index (χ3n) is 3.66. The Morgan fingerprint density at radius 3 is 2.84 bits per heavy atom. The summed E-state index contributed by atoms with van der Waals surface area (Å²) in [4.78, 5) is 12.2. The van der Waals surface area contributed by atoms with E-state index in [1.807, 2.05) is 13.0 Å². The fraction of sp³-hybridized carbons (Fsp3) is 0.533. The van der Waals surface area contributed by atoms with Gasteiger partial charge in [0.25, 0.3) is 5.91 Å². The van der Waals surface area contributed by atoms with Crippen LogP contribution in [0.1, 0.15) is 43.0 Å². The maximum atomic E-state index is 12.2. The van der Waals surface area contributed by atoms with E-state index in [0.29, 0.717) is 10.6 Å². The van der Waals surface area contributed by atoms with Crippen LogP contribution in [0.5, 0.6) is 0 Å². The molecule has 1 aromatic carbocycles. The number of amides is 1. The summed E-state index contributed by atoms with van der Waals surface area (Å²) < 4.78 is 0. The highest BCUT2D eigenvalue weighted by Crippen LogP contribution is 2.28. The molecule has 0 bridgehead atoms. The topological polar surface area (TPSA) is 41.1 Å². The van der Waals surface area contributed by atoms with Gasteiger partial charge in [0.2, 0.25) is 0 Å². The van der Waals surface area contributed by atoms with Crippen molar-refractivity contribution < 1.29 is 4.79 Å². The van der Waals surface area contributed by atoms with Gasteiger partial charge in [-0.15, -0.1) is 0 Å². The lowest BCUT2D eigenvalue weighted by Gasteiger charge is -2.25. The first-order valence-corrected chi connectivity index (χ1v) is 7.40. The van der Waals surface area contributed by atoms with E-state index in [1.165, 1.54) is 19.3 Å². The number of carbonyl (C=O) groups excluding carboxylic acids is 1. The van der Waals surface area contributed by atoms with Crippen LogP contribution in [-0.4, -0.2) is 19.0 Å². The lowest BCUT2D eigenvalue weighted by Crippen LogP contribution is -2.28. The van der Waals surface area contributed by atoms with E-state index < -0.39 is 0 Å². The van der Waals surface area contributed by atoms with E-state index in [4.69, 9.17) is 11.6 Å². The first kappa shape index (κ1) is 14.2. The number of hydrogen-bond acceptors (Lipinski definition) is 2. The van der Waals surface area contributed by atoms with Crippen LogP contribution in [0.3, 0.4) is 0 Å². The Balaban J connectivity index is 1.94. The van der Waals surface area contributed by atoms with E-state index in [0.717, 1.165) is 31.1 Å². The zero-order valence-electron chi connectivity index (χ0n) is 11.3. The fourth-order valence-electron chi connectivity index (χ4n) is 2.32. The quantitative estimate of drug-likeness (QED) is 0.834. The average molecular weight is 281 g/mol. The summed E-state index contributed by atoms with van der Waals surface area (Å²) >= 11 is 5.97. The van der Waals surface area contributed by atoms with Gasteiger partial charge in [-0.05, 0) is 37.5 Å². The number of carbonyl (C=O) groups is 1. The molecule has 0 unspecified atom stereocenters. The molecule has 0 spiro atoms. The minimum Gasteiger partial charge on any atom is -0.385 e. The predicted molar refractivity (Wildman–Crippen MR) is 79.9 cm³/mol. The van der Waals surface area contributed by atoms with Gasteiger partial charge in [-0.25, -0.2) is 0 Å². The van der Waals surface area contributed by atoms with Gasteiger partial charge in [-0.3, -0.25) is 4.79 Å². The summed E-state index contributed by atoms with van der Waals surface area (Å²) in [7, 11) is 0. The number of hydrogen-bond donors (Lipinski definition) is 2. The Kier molecular flexibility index (Phi) is 5.08. The van der Waals surface area contributed by atoms with Gasteiger partial charge in [0.05, 0.1) is 5.56 Å². The van der Waals surface area contributed by atoms with Crippen molar-refractivity contribution in [1.82, 2.24) is 5.32 Å². The lowest BCUT2D eigenvalue weighted by atomic mass is 9.83. The van der Waals surface area contributed by atoms with Crippen molar-refractivity contribution in [2.45, 2.75) is 32.6 Å². The molecule has 1 saturated carbocycles. The van der Waals surface area contributed by atoms with Crippen LogP contribution in [0.25, 0.3) is 0 Å². The molecule has 1 aromatic rings. The van der Waals surface area contributed by atoms with Crippen molar-refractivity contribution in [3.63, 3.8) is 0 Å². The van der Waals surface area contributed by atoms with Gasteiger partial charge < -0.3 is 10.6 Å². The Hall–Kier alpha value is -1.22. The first-order chi connectivity index (χ1) is 9.20. The molecule has 2 rings (SSSR count). The van der Waals surface area contributed by atoms with Crippen LogP contribution in [0, 0.1) is 5.92 Å². The molecule has 1 fully saturated rings. The van der Waals surface area contributed by atoms with Crippen molar-refractivity contribution in [3.05, 3.63) is 28.8 Å². The number of anilines is 1. The third-order valence-corrected chi connectivity index (χ3v) is 3.89. The highest BCUT2D eigenvalue weighted by atomic mass is 35.5. The minimum absolute atomic E-state index is 0.0437. The molecule has 0 saturated heterocycles. The second-order valence-corrected chi connectivity index (χ2v) is 5.50. The molecule has 0 heterocycles. The summed E-state index contributed by atoms with van der Waals surface area (Å²) in [6, 6.07) is 5.37. The Morgan fingerprint density at radius 2 is 2.21 bits per heavy atom. The van der Waals surface area contributed by atoms with Gasteiger partial charge in [-0.2, -0.15) is 0 Å². The largest absolute Gasteiger partial charge is 0.385 e. The first-order valence-electron chi connectivity index (χ1n) is 7.02. The highest BCUT2D eigenvalue weighted by molar-refractivity contribution is 6.31. The number of halogens is 1. The van der Waals surface area contributed by atoms with Crippen LogP contribution in [0.4, 0.5) is 5.69 Å². The predicted octanol–water partition coefficient (Wildman–Crippen LogP) is 3.69.